The lowest BCUT2D eigenvalue weighted by atomic mass is 9.95. The summed E-state index contributed by atoms with van der Waals surface area (Å²) in [7, 11) is 0. The fourth-order valence-electron chi connectivity index (χ4n) is 3.88. The second-order valence-corrected chi connectivity index (χ2v) is 8.56. The predicted octanol–water partition coefficient (Wildman–Crippen LogP) is 3.05. The number of pyridine rings is 1. The first-order valence-corrected chi connectivity index (χ1v) is 11.2. The molecule has 0 saturated carbocycles. The molecule has 0 atom stereocenters. The van der Waals surface area contributed by atoms with Gasteiger partial charge >= 0.3 is 0 Å². The Morgan fingerprint density at radius 1 is 1.15 bits per heavy atom. The van der Waals surface area contributed by atoms with Gasteiger partial charge in [-0.2, -0.15) is 5.10 Å². The Morgan fingerprint density at radius 2 is 1.97 bits per heavy atom. The van der Waals surface area contributed by atoms with Crippen LogP contribution >= 0.6 is 11.3 Å². The number of carbonyl (C=O) groups is 2. The van der Waals surface area contributed by atoms with Crippen LogP contribution in [0.2, 0.25) is 0 Å². The van der Waals surface area contributed by atoms with Gasteiger partial charge in [0.2, 0.25) is 11.8 Å². The van der Waals surface area contributed by atoms with Crippen LogP contribution in [-0.4, -0.2) is 43.3 Å². The summed E-state index contributed by atoms with van der Waals surface area (Å²) in [6.07, 6.45) is 5.04. The van der Waals surface area contributed by atoms with Crippen LogP contribution < -0.4 is 10.6 Å². The first-order chi connectivity index (χ1) is 16.0. The number of amides is 2. The molecule has 0 unspecified atom stereocenters. The van der Waals surface area contributed by atoms with Gasteiger partial charge < -0.3 is 15.7 Å². The van der Waals surface area contributed by atoms with Gasteiger partial charge in [-0.25, -0.2) is 9.67 Å². The molecule has 0 bridgehead atoms. The maximum absolute atomic E-state index is 11.6. The van der Waals surface area contributed by atoms with Crippen LogP contribution in [0.25, 0.3) is 27.5 Å². The monoisotopic (exact) mass is 460 g/mol. The van der Waals surface area contributed by atoms with Gasteiger partial charge in [0.25, 0.3) is 0 Å². The molecule has 10 heteroatoms. The van der Waals surface area contributed by atoms with Crippen molar-refractivity contribution in [2.75, 3.05) is 17.2 Å². The molecule has 0 saturated heterocycles. The number of thiazole rings is 1. The number of aromatic nitrogens is 4. The molecule has 166 valence electrons. The number of nitrogens with one attached hydrogen (secondary N) is 2. The van der Waals surface area contributed by atoms with E-state index < -0.39 is 12.5 Å². The highest BCUT2D eigenvalue weighted by atomic mass is 32.1. The summed E-state index contributed by atoms with van der Waals surface area (Å²) in [6, 6.07) is 11.1. The van der Waals surface area contributed by atoms with Crippen molar-refractivity contribution in [1.29, 1.82) is 0 Å². The molecule has 3 N–H and O–H groups in total. The number of carbonyl (C=O) groups excluding carboxylic acids is 2. The standard InChI is InChI=1S/C23H20N6O3S/c1-13(31)25-23-27-18-9-8-17-20(14-3-2-10-24-11-14)28-29(21(17)22(18)33-23)16-6-4-15(5-7-16)26-19(32)12-30/h2-7,10-11,30H,8-9,12H2,1H3,(H,26,32)(H,25,27,31). The van der Waals surface area contributed by atoms with Gasteiger partial charge in [0.15, 0.2) is 5.13 Å². The molecule has 0 aliphatic heterocycles. The summed E-state index contributed by atoms with van der Waals surface area (Å²) >= 11 is 1.43. The summed E-state index contributed by atoms with van der Waals surface area (Å²) in [5.74, 6) is -0.635. The number of hydrogen-bond acceptors (Lipinski definition) is 7. The molecule has 3 aromatic heterocycles. The number of aryl methyl sites for hydroxylation is 1. The number of aliphatic hydroxyl groups is 1. The van der Waals surface area contributed by atoms with Crippen molar-refractivity contribution in [3.05, 3.63) is 60.0 Å². The number of hydrogen-bond donors (Lipinski definition) is 3. The Balaban J connectivity index is 1.64. The molecule has 9 nitrogen and oxygen atoms in total. The average molecular weight is 461 g/mol. The zero-order chi connectivity index (χ0) is 22.9. The van der Waals surface area contributed by atoms with Gasteiger partial charge in [-0.1, -0.05) is 11.3 Å². The Kier molecular flexibility index (Phi) is 5.45. The minimum Gasteiger partial charge on any atom is -0.387 e. The van der Waals surface area contributed by atoms with Crippen LogP contribution in [0.4, 0.5) is 10.8 Å². The normalized spacial score (nSPS) is 12.1. The largest absolute Gasteiger partial charge is 0.387 e. The number of aliphatic hydroxyl groups excluding tert-OH is 1. The minimum absolute atomic E-state index is 0.161. The molecule has 1 aliphatic carbocycles. The molecule has 5 rings (SSSR count). The second kappa shape index (κ2) is 8.57. The summed E-state index contributed by atoms with van der Waals surface area (Å²) in [6.45, 7) is 0.890. The minimum atomic E-state index is -0.576. The van der Waals surface area contributed by atoms with E-state index in [1.165, 1.54) is 18.3 Å². The van der Waals surface area contributed by atoms with E-state index in [4.69, 9.17) is 10.2 Å². The molecule has 2 amide bonds. The zero-order valence-corrected chi connectivity index (χ0v) is 18.5. The van der Waals surface area contributed by atoms with Gasteiger partial charge in [-0.15, -0.1) is 0 Å². The van der Waals surface area contributed by atoms with Crippen molar-refractivity contribution in [1.82, 2.24) is 19.7 Å². The van der Waals surface area contributed by atoms with E-state index >= 15 is 0 Å². The first kappa shape index (κ1) is 21.0. The molecule has 33 heavy (non-hydrogen) atoms. The first-order valence-electron chi connectivity index (χ1n) is 10.3. The maximum Gasteiger partial charge on any atom is 0.250 e. The van der Waals surface area contributed by atoms with Crippen LogP contribution in [0, 0.1) is 0 Å². The van der Waals surface area contributed by atoms with Crippen molar-refractivity contribution in [2.24, 2.45) is 0 Å². The summed E-state index contributed by atoms with van der Waals surface area (Å²) in [5, 5.41) is 19.9. The molecule has 0 spiro atoms. The van der Waals surface area contributed by atoms with E-state index in [0.717, 1.165) is 51.6 Å². The topological polar surface area (TPSA) is 122 Å². The van der Waals surface area contributed by atoms with Gasteiger partial charge in [-0.05, 0) is 49.2 Å². The molecular formula is C23H20N6O3S. The highest BCUT2D eigenvalue weighted by Gasteiger charge is 2.30. The molecule has 1 aliphatic rings. The van der Waals surface area contributed by atoms with Crippen molar-refractivity contribution < 1.29 is 14.7 Å². The fourth-order valence-corrected chi connectivity index (χ4v) is 5.00. The lowest BCUT2D eigenvalue weighted by Gasteiger charge is -2.14. The third-order valence-corrected chi connectivity index (χ3v) is 6.28. The number of anilines is 2. The van der Waals surface area contributed by atoms with E-state index in [9.17, 15) is 9.59 Å². The highest BCUT2D eigenvalue weighted by molar-refractivity contribution is 7.19. The molecular weight excluding hydrogens is 440 g/mol. The van der Waals surface area contributed by atoms with E-state index in [-0.39, 0.29) is 5.91 Å². The Bertz CT molecular complexity index is 1340. The van der Waals surface area contributed by atoms with Crippen molar-refractivity contribution >= 4 is 34.0 Å². The smallest absolute Gasteiger partial charge is 0.250 e. The molecule has 4 aromatic rings. The molecule has 1 aromatic carbocycles. The quantitative estimate of drug-likeness (QED) is 0.421. The van der Waals surface area contributed by atoms with Crippen LogP contribution in [0.1, 0.15) is 18.2 Å². The lowest BCUT2D eigenvalue weighted by Crippen LogP contribution is -2.15. The van der Waals surface area contributed by atoms with Crippen LogP contribution in [0.3, 0.4) is 0 Å². The summed E-state index contributed by atoms with van der Waals surface area (Å²) in [4.78, 5) is 32.9. The second-order valence-electron chi connectivity index (χ2n) is 7.56. The van der Waals surface area contributed by atoms with Crippen LogP contribution in [-0.2, 0) is 22.4 Å². The van der Waals surface area contributed by atoms with E-state index in [0.29, 0.717) is 10.8 Å². The maximum atomic E-state index is 11.6. The summed E-state index contributed by atoms with van der Waals surface area (Å²) < 4.78 is 1.88. The average Bonchev–Trinajstić information content (AvgIpc) is 3.40. The van der Waals surface area contributed by atoms with Gasteiger partial charge in [0.05, 0.1) is 27.6 Å². The third-order valence-electron chi connectivity index (χ3n) is 5.26. The van der Waals surface area contributed by atoms with Gasteiger partial charge in [-0.3, -0.25) is 14.6 Å². The molecule has 3 heterocycles. The number of nitrogens with zero attached hydrogens (tertiary/aromatic N) is 4. The Morgan fingerprint density at radius 3 is 2.67 bits per heavy atom. The summed E-state index contributed by atoms with van der Waals surface area (Å²) in [5.41, 5.74) is 6.15. The molecule has 0 radical (unpaired) electrons. The van der Waals surface area contributed by atoms with E-state index in [1.54, 1.807) is 24.5 Å². The van der Waals surface area contributed by atoms with Crippen LogP contribution in [0.15, 0.2) is 48.8 Å². The third kappa shape index (κ3) is 4.01. The SMILES string of the molecule is CC(=O)Nc1nc2c(s1)-c1c(c(-c3cccnc3)nn1-c1ccc(NC(=O)CO)cc1)CC2. The van der Waals surface area contributed by atoms with Gasteiger partial charge in [0.1, 0.15) is 6.61 Å². The Hall–Kier alpha value is -3.89. The van der Waals surface area contributed by atoms with Crippen molar-refractivity contribution in [3.63, 3.8) is 0 Å². The Labute approximate surface area is 193 Å². The number of benzene rings is 1. The highest BCUT2D eigenvalue weighted by Crippen LogP contribution is 2.44. The number of fused-ring (bicyclic) bond motifs is 3. The van der Waals surface area contributed by atoms with E-state index in [1.807, 2.05) is 28.9 Å². The van der Waals surface area contributed by atoms with E-state index in [2.05, 4.69) is 20.6 Å². The van der Waals surface area contributed by atoms with Gasteiger partial charge in [0, 0.05) is 36.1 Å². The lowest BCUT2D eigenvalue weighted by molar-refractivity contribution is -0.118. The zero-order valence-electron chi connectivity index (χ0n) is 17.7. The predicted molar refractivity (Wildman–Crippen MR) is 125 cm³/mol. The van der Waals surface area contributed by atoms with Crippen molar-refractivity contribution in [3.8, 4) is 27.5 Å². The number of rotatable bonds is 5. The fraction of sp³-hybridized carbons (Fsp3) is 0.174. The van der Waals surface area contributed by atoms with Crippen LogP contribution in [0.5, 0.6) is 0 Å². The molecule has 0 fully saturated rings. The van der Waals surface area contributed by atoms with Crippen molar-refractivity contribution in [2.45, 2.75) is 19.8 Å².